The molecule has 17 heavy (non-hydrogen) atoms. The van der Waals surface area contributed by atoms with E-state index in [1.807, 2.05) is 37.5 Å². The molecule has 5 heteroatoms. The van der Waals surface area contributed by atoms with Crippen molar-refractivity contribution in [1.29, 1.82) is 0 Å². The lowest BCUT2D eigenvalue weighted by Crippen LogP contribution is -2.01. The summed E-state index contributed by atoms with van der Waals surface area (Å²) in [5, 5.41) is 7.50. The SMILES string of the molecule is COc1ccc(CNc2ccn(C)n2)cc1Br. The van der Waals surface area contributed by atoms with E-state index in [4.69, 9.17) is 4.74 Å². The first-order valence-electron chi connectivity index (χ1n) is 5.25. The topological polar surface area (TPSA) is 39.1 Å². The number of halogens is 1. The van der Waals surface area contributed by atoms with Gasteiger partial charge in [-0.3, -0.25) is 4.68 Å². The molecular formula is C12H14BrN3O. The fraction of sp³-hybridized carbons (Fsp3) is 0.250. The van der Waals surface area contributed by atoms with Gasteiger partial charge < -0.3 is 10.1 Å². The number of anilines is 1. The summed E-state index contributed by atoms with van der Waals surface area (Å²) in [5.41, 5.74) is 1.17. The van der Waals surface area contributed by atoms with Crippen LogP contribution < -0.4 is 10.1 Å². The molecule has 4 nitrogen and oxygen atoms in total. The number of aryl methyl sites for hydroxylation is 1. The van der Waals surface area contributed by atoms with Gasteiger partial charge in [-0.15, -0.1) is 0 Å². The van der Waals surface area contributed by atoms with Gasteiger partial charge in [-0.1, -0.05) is 6.07 Å². The minimum Gasteiger partial charge on any atom is -0.496 e. The average molecular weight is 296 g/mol. The van der Waals surface area contributed by atoms with Crippen molar-refractivity contribution in [3.63, 3.8) is 0 Å². The molecule has 90 valence electrons. The number of methoxy groups -OCH3 is 1. The summed E-state index contributed by atoms with van der Waals surface area (Å²) in [6.45, 7) is 0.736. The zero-order valence-corrected chi connectivity index (χ0v) is 11.4. The Kier molecular flexibility index (Phi) is 3.68. The van der Waals surface area contributed by atoms with E-state index in [0.29, 0.717) is 0 Å². The molecular weight excluding hydrogens is 282 g/mol. The van der Waals surface area contributed by atoms with Crippen molar-refractivity contribution in [2.75, 3.05) is 12.4 Å². The maximum atomic E-state index is 5.18. The molecule has 2 rings (SSSR count). The van der Waals surface area contributed by atoms with Crippen LogP contribution in [0, 0.1) is 0 Å². The fourth-order valence-electron chi connectivity index (χ4n) is 1.52. The highest BCUT2D eigenvalue weighted by Gasteiger charge is 2.02. The van der Waals surface area contributed by atoms with E-state index in [0.717, 1.165) is 22.6 Å². The highest BCUT2D eigenvalue weighted by atomic mass is 79.9. The van der Waals surface area contributed by atoms with Crippen LogP contribution in [0.25, 0.3) is 0 Å². The van der Waals surface area contributed by atoms with Crippen molar-refractivity contribution < 1.29 is 4.74 Å². The van der Waals surface area contributed by atoms with Crippen molar-refractivity contribution in [2.45, 2.75) is 6.54 Å². The Labute approximate surface area is 109 Å². The summed E-state index contributed by atoms with van der Waals surface area (Å²) >= 11 is 3.47. The molecule has 1 heterocycles. The predicted octanol–water partition coefficient (Wildman–Crippen LogP) is 2.80. The van der Waals surface area contributed by atoms with Crippen molar-refractivity contribution in [3.8, 4) is 5.75 Å². The normalized spacial score (nSPS) is 10.3. The van der Waals surface area contributed by atoms with Crippen LogP contribution in [0.15, 0.2) is 34.9 Å². The fourth-order valence-corrected chi connectivity index (χ4v) is 2.11. The average Bonchev–Trinajstić information content (AvgIpc) is 2.73. The molecule has 0 amide bonds. The van der Waals surface area contributed by atoms with E-state index in [1.165, 1.54) is 5.56 Å². The smallest absolute Gasteiger partial charge is 0.148 e. The molecule has 0 unspecified atom stereocenters. The number of hydrogen-bond donors (Lipinski definition) is 1. The first-order valence-corrected chi connectivity index (χ1v) is 6.04. The molecule has 0 saturated carbocycles. The van der Waals surface area contributed by atoms with Crippen LogP contribution in [0.2, 0.25) is 0 Å². The summed E-state index contributed by atoms with van der Waals surface area (Å²) < 4.78 is 7.91. The molecule has 1 N–H and O–H groups in total. The third-order valence-corrected chi connectivity index (χ3v) is 3.02. The molecule has 0 bridgehead atoms. The Hall–Kier alpha value is -1.49. The molecule has 1 aromatic heterocycles. The number of nitrogens with zero attached hydrogens (tertiary/aromatic N) is 2. The lowest BCUT2D eigenvalue weighted by Gasteiger charge is -2.07. The Bertz CT molecular complexity index is 510. The van der Waals surface area contributed by atoms with Crippen LogP contribution in [0.1, 0.15) is 5.56 Å². The minimum atomic E-state index is 0.736. The Morgan fingerprint density at radius 3 is 2.82 bits per heavy atom. The van der Waals surface area contributed by atoms with Crippen molar-refractivity contribution in [2.24, 2.45) is 7.05 Å². The van der Waals surface area contributed by atoms with Crippen LogP contribution in [0.3, 0.4) is 0 Å². The zero-order valence-electron chi connectivity index (χ0n) is 9.77. The van der Waals surface area contributed by atoms with Gasteiger partial charge in [-0.05, 0) is 33.6 Å². The number of ether oxygens (including phenoxy) is 1. The maximum Gasteiger partial charge on any atom is 0.148 e. The molecule has 0 spiro atoms. The van der Waals surface area contributed by atoms with E-state index in [1.54, 1.807) is 11.8 Å². The summed E-state index contributed by atoms with van der Waals surface area (Å²) in [6.07, 6.45) is 1.91. The second-order valence-electron chi connectivity index (χ2n) is 3.70. The molecule has 1 aromatic carbocycles. The number of benzene rings is 1. The predicted molar refractivity (Wildman–Crippen MR) is 71.2 cm³/mol. The van der Waals surface area contributed by atoms with Crippen LogP contribution >= 0.6 is 15.9 Å². The molecule has 0 aliphatic rings. The number of aromatic nitrogens is 2. The Morgan fingerprint density at radius 2 is 2.24 bits per heavy atom. The largest absolute Gasteiger partial charge is 0.496 e. The molecule has 0 radical (unpaired) electrons. The van der Waals surface area contributed by atoms with Crippen LogP contribution in [0.4, 0.5) is 5.82 Å². The van der Waals surface area contributed by atoms with Crippen LogP contribution in [-0.2, 0) is 13.6 Å². The van der Waals surface area contributed by atoms with Crippen LogP contribution in [-0.4, -0.2) is 16.9 Å². The summed E-state index contributed by atoms with van der Waals surface area (Å²) in [7, 11) is 3.56. The minimum absolute atomic E-state index is 0.736. The monoisotopic (exact) mass is 295 g/mol. The first-order chi connectivity index (χ1) is 8.19. The van der Waals surface area contributed by atoms with E-state index in [9.17, 15) is 0 Å². The quantitative estimate of drug-likeness (QED) is 0.943. The molecule has 0 aliphatic heterocycles. The number of nitrogens with one attached hydrogen (secondary N) is 1. The lowest BCUT2D eigenvalue weighted by molar-refractivity contribution is 0.412. The number of rotatable bonds is 4. The van der Waals surface area contributed by atoms with Crippen molar-refractivity contribution in [3.05, 3.63) is 40.5 Å². The van der Waals surface area contributed by atoms with Gasteiger partial charge in [0, 0.05) is 25.9 Å². The summed E-state index contributed by atoms with van der Waals surface area (Å²) in [4.78, 5) is 0. The van der Waals surface area contributed by atoms with Gasteiger partial charge in [0.15, 0.2) is 0 Å². The van der Waals surface area contributed by atoms with E-state index in [2.05, 4.69) is 26.3 Å². The first kappa shape index (κ1) is 12.0. The standard InChI is InChI=1S/C12H14BrN3O/c1-16-6-5-12(15-16)14-8-9-3-4-11(17-2)10(13)7-9/h3-7H,8H2,1-2H3,(H,14,15). The summed E-state index contributed by atoms with van der Waals surface area (Å²) in [6, 6.07) is 7.95. The lowest BCUT2D eigenvalue weighted by atomic mass is 10.2. The molecule has 0 saturated heterocycles. The van der Waals surface area contributed by atoms with E-state index in [-0.39, 0.29) is 0 Å². The van der Waals surface area contributed by atoms with Crippen LogP contribution in [0.5, 0.6) is 5.75 Å². The Balaban J connectivity index is 2.02. The Morgan fingerprint density at radius 1 is 1.41 bits per heavy atom. The van der Waals surface area contributed by atoms with Gasteiger partial charge >= 0.3 is 0 Å². The molecule has 0 atom stereocenters. The highest BCUT2D eigenvalue weighted by molar-refractivity contribution is 9.10. The van der Waals surface area contributed by atoms with Gasteiger partial charge in [0.1, 0.15) is 11.6 Å². The molecule has 0 fully saturated rings. The maximum absolute atomic E-state index is 5.18. The summed E-state index contributed by atoms with van der Waals surface area (Å²) in [5.74, 6) is 1.71. The third-order valence-electron chi connectivity index (χ3n) is 2.40. The van der Waals surface area contributed by atoms with Crippen molar-refractivity contribution in [1.82, 2.24) is 9.78 Å². The van der Waals surface area contributed by atoms with Gasteiger partial charge in [-0.2, -0.15) is 5.10 Å². The van der Waals surface area contributed by atoms with E-state index >= 15 is 0 Å². The van der Waals surface area contributed by atoms with Gasteiger partial charge in [0.05, 0.1) is 11.6 Å². The molecule has 0 aliphatic carbocycles. The molecule has 2 aromatic rings. The van der Waals surface area contributed by atoms with Crippen molar-refractivity contribution >= 4 is 21.7 Å². The third kappa shape index (κ3) is 3.00. The second-order valence-corrected chi connectivity index (χ2v) is 4.55. The van der Waals surface area contributed by atoms with Gasteiger partial charge in [0.25, 0.3) is 0 Å². The van der Waals surface area contributed by atoms with Gasteiger partial charge in [-0.25, -0.2) is 0 Å². The zero-order chi connectivity index (χ0) is 12.3. The van der Waals surface area contributed by atoms with E-state index < -0.39 is 0 Å². The van der Waals surface area contributed by atoms with Gasteiger partial charge in [0.2, 0.25) is 0 Å². The second kappa shape index (κ2) is 5.23. The number of hydrogen-bond acceptors (Lipinski definition) is 3. The highest BCUT2D eigenvalue weighted by Crippen LogP contribution is 2.25.